The van der Waals surface area contributed by atoms with Crippen molar-refractivity contribution in [1.82, 2.24) is 4.31 Å². The summed E-state index contributed by atoms with van der Waals surface area (Å²) in [5.74, 6) is 0.572. The number of rotatable bonds is 7. The molecule has 1 saturated carbocycles. The molecule has 0 unspecified atom stereocenters. The molecule has 0 radical (unpaired) electrons. The van der Waals surface area contributed by atoms with Crippen LogP contribution in [0.25, 0.3) is 0 Å². The maximum absolute atomic E-state index is 12.5. The van der Waals surface area contributed by atoms with E-state index in [1.165, 1.54) is 0 Å². The van der Waals surface area contributed by atoms with Gasteiger partial charge in [0.1, 0.15) is 0 Å². The fourth-order valence-corrected chi connectivity index (χ4v) is 3.85. The van der Waals surface area contributed by atoms with E-state index in [9.17, 15) is 8.42 Å². The summed E-state index contributed by atoms with van der Waals surface area (Å²) in [4.78, 5) is 0. The van der Waals surface area contributed by atoms with Gasteiger partial charge in [-0.1, -0.05) is 19.1 Å². The maximum atomic E-state index is 12.5. The largest absolute Gasteiger partial charge is 0.218 e. The van der Waals surface area contributed by atoms with Crippen LogP contribution in [0.3, 0.4) is 0 Å². The molecule has 1 aliphatic rings. The average molecular weight is 292 g/mol. The van der Waals surface area contributed by atoms with E-state index in [2.05, 4.69) is 0 Å². The maximum Gasteiger partial charge on any atom is 0.218 e. The van der Waals surface area contributed by atoms with Crippen molar-refractivity contribution >= 4 is 10.0 Å². The number of nitriles is 1. The zero-order chi connectivity index (χ0) is 14.6. The van der Waals surface area contributed by atoms with Crippen LogP contribution >= 0.6 is 0 Å². The molecule has 0 aromatic heterocycles. The van der Waals surface area contributed by atoms with Gasteiger partial charge in [0, 0.05) is 13.1 Å². The Balaban J connectivity index is 2.08. The topological polar surface area (TPSA) is 61.2 Å². The highest BCUT2D eigenvalue weighted by Gasteiger charge is 2.30. The van der Waals surface area contributed by atoms with Crippen LogP contribution in [0.1, 0.15) is 37.3 Å². The Kier molecular flexibility index (Phi) is 4.79. The minimum absolute atomic E-state index is 0.0193. The van der Waals surface area contributed by atoms with Crippen molar-refractivity contribution in [3.05, 3.63) is 35.4 Å². The third-order valence-corrected chi connectivity index (χ3v) is 5.27. The predicted octanol–water partition coefficient (Wildman–Crippen LogP) is 2.51. The number of nitrogens with zero attached hydrogens (tertiary/aromatic N) is 2. The molecule has 1 fully saturated rings. The van der Waals surface area contributed by atoms with E-state index in [4.69, 9.17) is 5.26 Å². The van der Waals surface area contributed by atoms with Gasteiger partial charge in [0.15, 0.2) is 0 Å². The van der Waals surface area contributed by atoms with E-state index in [0.29, 0.717) is 24.6 Å². The summed E-state index contributed by atoms with van der Waals surface area (Å²) < 4.78 is 26.6. The van der Waals surface area contributed by atoms with Gasteiger partial charge in [-0.05, 0) is 42.9 Å². The third kappa shape index (κ3) is 4.06. The molecular formula is C15H20N2O2S. The molecule has 108 valence electrons. The van der Waals surface area contributed by atoms with Gasteiger partial charge in [-0.3, -0.25) is 0 Å². The summed E-state index contributed by atoms with van der Waals surface area (Å²) in [7, 11) is -3.26. The number of benzene rings is 1. The van der Waals surface area contributed by atoms with Crippen molar-refractivity contribution in [2.45, 2.75) is 31.9 Å². The second-order valence-electron chi connectivity index (χ2n) is 5.37. The molecule has 20 heavy (non-hydrogen) atoms. The van der Waals surface area contributed by atoms with Crippen molar-refractivity contribution in [2.24, 2.45) is 5.92 Å². The molecule has 0 amide bonds. The highest BCUT2D eigenvalue weighted by Crippen LogP contribution is 2.31. The van der Waals surface area contributed by atoms with Gasteiger partial charge in [0.2, 0.25) is 10.0 Å². The highest BCUT2D eigenvalue weighted by molar-refractivity contribution is 7.88. The number of hydrogen-bond donors (Lipinski definition) is 0. The first-order valence-electron chi connectivity index (χ1n) is 7.02. The summed E-state index contributed by atoms with van der Waals surface area (Å²) >= 11 is 0. The van der Waals surface area contributed by atoms with Crippen molar-refractivity contribution in [3.8, 4) is 6.07 Å². The summed E-state index contributed by atoms with van der Waals surface area (Å²) in [6.45, 7) is 3.25. The lowest BCUT2D eigenvalue weighted by atomic mass is 10.2. The lowest BCUT2D eigenvalue weighted by Gasteiger charge is -2.21. The van der Waals surface area contributed by atoms with Gasteiger partial charge in [-0.25, -0.2) is 12.7 Å². The summed E-state index contributed by atoms with van der Waals surface area (Å²) in [5, 5.41) is 8.75. The van der Waals surface area contributed by atoms with Gasteiger partial charge in [0.25, 0.3) is 0 Å². The van der Waals surface area contributed by atoms with Crippen LogP contribution in [0.2, 0.25) is 0 Å². The standard InChI is InChI=1S/C15H20N2O2S/c1-2-9-17(11-14-5-6-14)20(18,19)12-15-7-3-13(10-16)4-8-15/h3-4,7-8,14H,2,5-6,9,11-12H2,1H3. The minimum atomic E-state index is -3.26. The van der Waals surface area contributed by atoms with Crippen LogP contribution in [0.5, 0.6) is 0 Å². The Labute approximate surface area is 121 Å². The highest BCUT2D eigenvalue weighted by atomic mass is 32.2. The van der Waals surface area contributed by atoms with Crippen molar-refractivity contribution in [1.29, 1.82) is 5.26 Å². The van der Waals surface area contributed by atoms with Crippen LogP contribution in [-0.2, 0) is 15.8 Å². The zero-order valence-corrected chi connectivity index (χ0v) is 12.6. The SMILES string of the molecule is CCCN(CC1CC1)S(=O)(=O)Cc1ccc(C#N)cc1. The summed E-state index contributed by atoms with van der Waals surface area (Å²) in [6, 6.07) is 8.80. The molecule has 1 aromatic rings. The second kappa shape index (κ2) is 6.38. The van der Waals surface area contributed by atoms with Crippen LogP contribution < -0.4 is 0 Å². The average Bonchev–Trinajstić information content (AvgIpc) is 3.23. The first-order chi connectivity index (χ1) is 9.55. The van der Waals surface area contributed by atoms with E-state index in [1.54, 1.807) is 28.6 Å². The molecule has 1 aromatic carbocycles. The molecule has 2 rings (SSSR count). The van der Waals surface area contributed by atoms with E-state index in [-0.39, 0.29) is 5.75 Å². The molecule has 4 nitrogen and oxygen atoms in total. The van der Waals surface area contributed by atoms with Crippen molar-refractivity contribution in [2.75, 3.05) is 13.1 Å². The summed E-state index contributed by atoms with van der Waals surface area (Å²) in [5.41, 5.74) is 1.29. The van der Waals surface area contributed by atoms with Gasteiger partial charge in [0.05, 0.1) is 17.4 Å². The molecule has 0 atom stereocenters. The van der Waals surface area contributed by atoms with E-state index >= 15 is 0 Å². The van der Waals surface area contributed by atoms with Gasteiger partial charge in [-0.15, -0.1) is 0 Å². The zero-order valence-electron chi connectivity index (χ0n) is 11.7. The van der Waals surface area contributed by atoms with Crippen molar-refractivity contribution in [3.63, 3.8) is 0 Å². The first-order valence-corrected chi connectivity index (χ1v) is 8.63. The molecular weight excluding hydrogens is 272 g/mol. The van der Waals surface area contributed by atoms with Crippen molar-refractivity contribution < 1.29 is 8.42 Å². The quantitative estimate of drug-likeness (QED) is 0.775. The van der Waals surface area contributed by atoms with Gasteiger partial charge in [-0.2, -0.15) is 5.26 Å². The minimum Gasteiger partial charge on any atom is -0.212 e. The summed E-state index contributed by atoms with van der Waals surface area (Å²) in [6.07, 6.45) is 3.12. The van der Waals surface area contributed by atoms with Crippen LogP contribution in [0.4, 0.5) is 0 Å². The van der Waals surface area contributed by atoms with Gasteiger partial charge < -0.3 is 0 Å². The van der Waals surface area contributed by atoms with Crippen LogP contribution in [0.15, 0.2) is 24.3 Å². The number of hydrogen-bond acceptors (Lipinski definition) is 3. The molecule has 0 N–H and O–H groups in total. The van der Waals surface area contributed by atoms with E-state index in [0.717, 1.165) is 24.8 Å². The Morgan fingerprint density at radius 1 is 1.30 bits per heavy atom. The van der Waals surface area contributed by atoms with Crippen LogP contribution in [0, 0.1) is 17.2 Å². The fourth-order valence-electron chi connectivity index (χ4n) is 2.16. The molecule has 0 spiro atoms. The first kappa shape index (κ1) is 15.0. The Morgan fingerprint density at radius 3 is 2.45 bits per heavy atom. The van der Waals surface area contributed by atoms with E-state index < -0.39 is 10.0 Å². The molecule has 0 bridgehead atoms. The fraction of sp³-hybridized carbons (Fsp3) is 0.533. The molecule has 0 saturated heterocycles. The molecule has 0 heterocycles. The Hall–Kier alpha value is -1.38. The second-order valence-corrected chi connectivity index (χ2v) is 7.34. The molecule has 1 aliphatic carbocycles. The third-order valence-electron chi connectivity index (χ3n) is 3.46. The Bertz CT molecular complexity index is 583. The molecule has 0 aliphatic heterocycles. The Morgan fingerprint density at radius 2 is 1.95 bits per heavy atom. The lowest BCUT2D eigenvalue weighted by Crippen LogP contribution is -2.34. The number of sulfonamides is 1. The lowest BCUT2D eigenvalue weighted by molar-refractivity contribution is 0.395. The van der Waals surface area contributed by atoms with E-state index in [1.807, 2.05) is 13.0 Å². The normalized spacial score (nSPS) is 15.2. The van der Waals surface area contributed by atoms with Gasteiger partial charge >= 0.3 is 0 Å². The predicted molar refractivity (Wildman–Crippen MR) is 78.4 cm³/mol. The van der Waals surface area contributed by atoms with Crippen LogP contribution in [-0.4, -0.2) is 25.8 Å². The smallest absolute Gasteiger partial charge is 0.212 e. The molecule has 5 heteroatoms. The monoisotopic (exact) mass is 292 g/mol.